The number of carbonyl (C=O) groups is 1. The van der Waals surface area contributed by atoms with Crippen LogP contribution in [0, 0.1) is 13.8 Å². The van der Waals surface area contributed by atoms with Crippen LogP contribution in [0.5, 0.6) is 0 Å². The molecule has 0 aromatic heterocycles. The molecule has 0 spiro atoms. The molecular weight excluding hydrogens is 542 g/mol. The fourth-order valence-electron chi connectivity index (χ4n) is 3.67. The van der Waals surface area contributed by atoms with Gasteiger partial charge in [0.2, 0.25) is 0 Å². The first-order chi connectivity index (χ1) is 12.5. The zero-order valence-electron chi connectivity index (χ0n) is 15.6. The van der Waals surface area contributed by atoms with Crippen LogP contribution in [0.25, 0.3) is 0 Å². The molecule has 2 aromatic rings. The fourth-order valence-corrected chi connectivity index (χ4v) is 18.8. The van der Waals surface area contributed by atoms with Gasteiger partial charge >= 0.3 is 172 Å². The van der Waals surface area contributed by atoms with Crippen LogP contribution < -0.4 is 7.16 Å². The Labute approximate surface area is 171 Å². The minimum absolute atomic E-state index is 0.608. The molecule has 0 amide bonds. The number of hydrogen-bond acceptors (Lipinski definition) is 2. The van der Waals surface area contributed by atoms with Gasteiger partial charge in [0, 0.05) is 0 Å². The van der Waals surface area contributed by atoms with Gasteiger partial charge in [0.05, 0.1) is 0 Å². The van der Waals surface area contributed by atoms with Crippen molar-refractivity contribution in [3.63, 3.8) is 0 Å². The molecule has 3 rings (SSSR count). The maximum absolute atomic E-state index is 12.2. The van der Waals surface area contributed by atoms with Crippen molar-refractivity contribution in [1.82, 2.24) is 0 Å². The molecule has 2 nitrogen and oxygen atoms in total. The molecule has 1 saturated carbocycles. The molecule has 0 N–H and O–H groups in total. The maximum atomic E-state index is 12.2. The summed E-state index contributed by atoms with van der Waals surface area (Å²) < 4.78 is 9.56. The van der Waals surface area contributed by atoms with Gasteiger partial charge in [0.15, 0.2) is 0 Å². The van der Waals surface area contributed by atoms with Crippen LogP contribution in [0.4, 0.5) is 0 Å². The van der Waals surface area contributed by atoms with E-state index in [-0.39, 0.29) is 0 Å². The molecule has 26 heavy (non-hydrogen) atoms. The fraction of sp³-hybridized carbons (Fsp3) is 0.409. The number of aldehydes is 1. The summed E-state index contributed by atoms with van der Waals surface area (Å²) in [7, 11) is 0. The average molecular weight is 569 g/mol. The zero-order chi connectivity index (χ0) is 18.6. The van der Waals surface area contributed by atoms with Crippen LogP contribution in [-0.2, 0) is 7.87 Å². The standard InChI is InChI=1S/C8H13O2.2C7H7.HI.Sn/c9-7-8(10)5-3-1-2-4-6-8;2*1-7-5-3-2-4-6-7;;/h7H,1-6H2;2*3-6H,1H3;1H;/q-1;;;;+2/p-1. The van der Waals surface area contributed by atoms with E-state index in [9.17, 15) is 4.79 Å². The van der Waals surface area contributed by atoms with Crippen molar-refractivity contribution >= 4 is 46.9 Å². The average Bonchev–Trinajstić information content (AvgIpc) is 2.88. The molecule has 1 aliphatic carbocycles. The van der Waals surface area contributed by atoms with Gasteiger partial charge in [0.25, 0.3) is 0 Å². The van der Waals surface area contributed by atoms with Crippen LogP contribution >= 0.6 is 18.6 Å². The predicted octanol–water partition coefficient (Wildman–Crippen LogP) is 4.60. The molecule has 0 unspecified atom stereocenters. The Bertz CT molecular complexity index is 686. The molecule has 0 aliphatic heterocycles. The quantitative estimate of drug-likeness (QED) is 0.228. The Morgan fingerprint density at radius 1 is 0.846 bits per heavy atom. The van der Waals surface area contributed by atoms with Crippen LogP contribution in [-0.4, -0.2) is 26.7 Å². The second-order valence-electron chi connectivity index (χ2n) is 7.53. The molecule has 0 radical (unpaired) electrons. The number of rotatable bonds is 5. The molecule has 1 aliphatic rings. The first-order valence-electron chi connectivity index (χ1n) is 9.47. The van der Waals surface area contributed by atoms with Crippen molar-refractivity contribution in [3.8, 4) is 0 Å². The van der Waals surface area contributed by atoms with Gasteiger partial charge in [-0.3, -0.25) is 0 Å². The molecule has 4 heteroatoms. The van der Waals surface area contributed by atoms with Crippen molar-refractivity contribution < 1.29 is 7.87 Å². The van der Waals surface area contributed by atoms with Crippen molar-refractivity contribution in [2.45, 2.75) is 58.0 Å². The number of carbonyl (C=O) groups excluding carboxylic acids is 1. The Kier molecular flexibility index (Phi) is 6.83. The van der Waals surface area contributed by atoms with Crippen molar-refractivity contribution in [2.24, 2.45) is 0 Å². The Morgan fingerprint density at radius 2 is 1.27 bits per heavy atom. The SMILES string of the molecule is Cc1cc[c]([Sn]([I])([O]C2(C=O)CCCCCC2)[c]2ccc(C)cc2)cc1. The minimum atomic E-state index is -3.45. The van der Waals surface area contributed by atoms with Gasteiger partial charge in [-0.2, -0.15) is 0 Å². The van der Waals surface area contributed by atoms with Crippen molar-refractivity contribution in [3.05, 3.63) is 59.7 Å². The second kappa shape index (κ2) is 8.74. The van der Waals surface area contributed by atoms with Crippen molar-refractivity contribution in [1.29, 1.82) is 0 Å². The van der Waals surface area contributed by atoms with Gasteiger partial charge in [-0.15, -0.1) is 0 Å². The summed E-state index contributed by atoms with van der Waals surface area (Å²) in [5.41, 5.74) is 1.90. The summed E-state index contributed by atoms with van der Waals surface area (Å²) in [5, 5.41) is 0. The summed E-state index contributed by atoms with van der Waals surface area (Å²) in [4.78, 5) is 12.2. The van der Waals surface area contributed by atoms with Gasteiger partial charge in [-0.05, 0) is 0 Å². The predicted molar refractivity (Wildman–Crippen MR) is 119 cm³/mol. The first-order valence-corrected chi connectivity index (χ1v) is 21.8. The van der Waals surface area contributed by atoms with Crippen molar-refractivity contribution in [2.75, 3.05) is 0 Å². The third-order valence-corrected chi connectivity index (χ3v) is 23.3. The first kappa shape index (κ1) is 20.3. The molecule has 138 valence electrons. The van der Waals surface area contributed by atoms with E-state index in [0.29, 0.717) is 0 Å². The molecule has 1 fully saturated rings. The van der Waals surface area contributed by atoms with Gasteiger partial charge in [0.1, 0.15) is 0 Å². The number of benzene rings is 2. The second-order valence-corrected chi connectivity index (χ2v) is 25.0. The normalized spacial score (nSPS) is 17.5. The summed E-state index contributed by atoms with van der Waals surface area (Å²) in [6.07, 6.45) is 7.41. The van der Waals surface area contributed by atoms with Gasteiger partial charge in [-0.25, -0.2) is 0 Å². The monoisotopic (exact) mass is 570 g/mol. The molecule has 0 heterocycles. The summed E-state index contributed by atoms with van der Waals surface area (Å²) in [6.45, 7) is 4.22. The van der Waals surface area contributed by atoms with Gasteiger partial charge < -0.3 is 0 Å². The van der Waals surface area contributed by atoms with E-state index in [1.807, 2.05) is 0 Å². The number of halogens is 1. The van der Waals surface area contributed by atoms with Crippen LogP contribution in [0.1, 0.15) is 49.7 Å². The number of hydrogen-bond donors (Lipinski definition) is 0. The summed E-state index contributed by atoms with van der Waals surface area (Å²) in [5.74, 6) is 0. The Balaban J connectivity index is 2.06. The molecule has 2 aromatic carbocycles. The van der Waals surface area contributed by atoms with E-state index in [0.717, 1.165) is 32.0 Å². The Morgan fingerprint density at radius 3 is 1.65 bits per heavy atom. The Hall–Kier alpha value is -0.401. The van der Waals surface area contributed by atoms with Gasteiger partial charge in [-0.1, -0.05) is 0 Å². The molecule has 0 atom stereocenters. The van der Waals surface area contributed by atoms with E-state index in [4.69, 9.17) is 3.07 Å². The topological polar surface area (TPSA) is 26.3 Å². The van der Waals surface area contributed by atoms with E-state index in [2.05, 4.69) is 81.0 Å². The third-order valence-electron chi connectivity index (χ3n) is 5.35. The number of aryl methyl sites for hydroxylation is 2. The van der Waals surface area contributed by atoms with Crippen LogP contribution in [0.3, 0.4) is 0 Å². The van der Waals surface area contributed by atoms with Crippen LogP contribution in [0.2, 0.25) is 0 Å². The van der Waals surface area contributed by atoms with E-state index < -0.39 is 20.4 Å². The molecule has 0 bridgehead atoms. The summed E-state index contributed by atoms with van der Waals surface area (Å²) in [6, 6.07) is 17.5. The molecule has 0 saturated heterocycles. The van der Waals surface area contributed by atoms with E-state index >= 15 is 0 Å². The zero-order valence-corrected chi connectivity index (χ0v) is 20.6. The van der Waals surface area contributed by atoms with E-state index in [1.54, 1.807) is 0 Å². The van der Waals surface area contributed by atoms with E-state index in [1.165, 1.54) is 31.1 Å². The molecular formula is C22H27IO2Sn. The third kappa shape index (κ3) is 4.53. The van der Waals surface area contributed by atoms with Crippen LogP contribution in [0.15, 0.2) is 48.5 Å². The summed E-state index contributed by atoms with van der Waals surface area (Å²) >= 11 is -0.845.